The van der Waals surface area contributed by atoms with Gasteiger partial charge in [0.15, 0.2) is 5.17 Å². The number of methoxy groups -OCH3 is 1. The lowest BCUT2D eigenvalue weighted by Crippen LogP contribution is -2.19. The molecule has 0 unspecified atom stereocenters. The lowest BCUT2D eigenvalue weighted by Gasteiger charge is -2.04. The summed E-state index contributed by atoms with van der Waals surface area (Å²) in [4.78, 5) is 17.2. The first-order valence-electron chi connectivity index (χ1n) is 8.41. The zero-order chi connectivity index (χ0) is 19.5. The Labute approximate surface area is 171 Å². The number of thioether (sulfide) groups is 1. The Kier molecular flexibility index (Phi) is 5.23. The summed E-state index contributed by atoms with van der Waals surface area (Å²) < 4.78 is 11.0. The highest BCUT2D eigenvalue weighted by Gasteiger charge is 2.24. The van der Waals surface area contributed by atoms with E-state index in [9.17, 15) is 4.79 Å². The topological polar surface area (TPSA) is 63.8 Å². The molecule has 0 bridgehead atoms. The molecule has 0 atom stereocenters. The average Bonchev–Trinajstić information content (AvgIpc) is 3.29. The second-order valence-electron chi connectivity index (χ2n) is 5.87. The standard InChI is InChI=1S/C21H15ClN2O3S/c1-26-18-9-7-13(11-16(18)22)17-10-8-15(27-17)12-19-20(25)24-21(28-19)23-14-5-3-2-4-6-14/h2-12H,1H3,(H,23,24,25)/b19-12-. The summed E-state index contributed by atoms with van der Waals surface area (Å²) in [5, 5.41) is 3.81. The summed E-state index contributed by atoms with van der Waals surface area (Å²) in [6.07, 6.45) is 1.70. The van der Waals surface area contributed by atoms with Crippen LogP contribution in [0.25, 0.3) is 17.4 Å². The molecule has 4 rings (SSSR count). The van der Waals surface area contributed by atoms with Crippen LogP contribution in [-0.4, -0.2) is 18.2 Å². The zero-order valence-corrected chi connectivity index (χ0v) is 16.4. The number of nitrogens with one attached hydrogen (secondary N) is 1. The van der Waals surface area contributed by atoms with Crippen LogP contribution in [0.5, 0.6) is 5.75 Å². The van der Waals surface area contributed by atoms with Gasteiger partial charge in [0.25, 0.3) is 5.91 Å². The molecule has 1 aliphatic heterocycles. The number of benzene rings is 2. The van der Waals surface area contributed by atoms with Crippen molar-refractivity contribution in [3.63, 3.8) is 0 Å². The molecule has 0 saturated carbocycles. The smallest absolute Gasteiger partial charge is 0.264 e. The highest BCUT2D eigenvalue weighted by atomic mass is 35.5. The van der Waals surface area contributed by atoms with Crippen LogP contribution in [0.4, 0.5) is 5.69 Å². The van der Waals surface area contributed by atoms with E-state index < -0.39 is 0 Å². The van der Waals surface area contributed by atoms with Crippen LogP contribution in [0.15, 0.2) is 75.0 Å². The fourth-order valence-electron chi connectivity index (χ4n) is 2.63. The summed E-state index contributed by atoms with van der Waals surface area (Å²) >= 11 is 7.45. The third-order valence-corrected chi connectivity index (χ3v) is 5.18. The van der Waals surface area contributed by atoms with Crippen LogP contribution < -0.4 is 10.1 Å². The number of rotatable bonds is 4. The number of amidine groups is 1. The largest absolute Gasteiger partial charge is 0.495 e. The molecular weight excluding hydrogens is 396 g/mol. The van der Waals surface area contributed by atoms with Crippen molar-refractivity contribution in [2.24, 2.45) is 4.99 Å². The number of halogens is 1. The van der Waals surface area contributed by atoms with Crippen molar-refractivity contribution in [2.45, 2.75) is 0 Å². The van der Waals surface area contributed by atoms with Crippen LogP contribution >= 0.6 is 23.4 Å². The minimum atomic E-state index is -0.204. The summed E-state index contributed by atoms with van der Waals surface area (Å²) in [6.45, 7) is 0. The van der Waals surface area contributed by atoms with Gasteiger partial charge in [-0.05, 0) is 54.2 Å². The van der Waals surface area contributed by atoms with Gasteiger partial charge in [-0.1, -0.05) is 29.8 Å². The number of furan rings is 1. The van der Waals surface area contributed by atoms with Crippen LogP contribution in [0.2, 0.25) is 5.02 Å². The van der Waals surface area contributed by atoms with Crippen molar-refractivity contribution >= 4 is 46.2 Å². The maximum Gasteiger partial charge on any atom is 0.264 e. The van der Waals surface area contributed by atoms with E-state index in [1.165, 1.54) is 11.8 Å². The number of nitrogens with zero attached hydrogens (tertiary/aromatic N) is 1. The number of carbonyl (C=O) groups excluding carboxylic acids is 1. The molecule has 1 aliphatic rings. The molecule has 2 heterocycles. The molecule has 2 aromatic carbocycles. The van der Waals surface area contributed by atoms with E-state index in [-0.39, 0.29) is 5.91 Å². The normalized spacial score (nSPS) is 16.6. The van der Waals surface area contributed by atoms with E-state index in [1.54, 1.807) is 31.4 Å². The van der Waals surface area contributed by atoms with Crippen molar-refractivity contribution in [1.29, 1.82) is 0 Å². The van der Waals surface area contributed by atoms with Crippen molar-refractivity contribution in [2.75, 3.05) is 7.11 Å². The van der Waals surface area contributed by atoms with Gasteiger partial charge >= 0.3 is 0 Å². The van der Waals surface area contributed by atoms with Crippen LogP contribution in [0, 0.1) is 0 Å². The van der Waals surface area contributed by atoms with Crippen molar-refractivity contribution < 1.29 is 13.9 Å². The Morgan fingerprint density at radius 1 is 1.14 bits per heavy atom. The first kappa shape index (κ1) is 18.4. The van der Waals surface area contributed by atoms with E-state index in [0.29, 0.717) is 32.4 Å². The summed E-state index contributed by atoms with van der Waals surface area (Å²) in [5.74, 6) is 1.62. The van der Waals surface area contributed by atoms with E-state index in [2.05, 4.69) is 10.3 Å². The molecular formula is C21H15ClN2O3S. The fraction of sp³-hybridized carbons (Fsp3) is 0.0476. The van der Waals surface area contributed by atoms with Crippen LogP contribution in [-0.2, 0) is 4.79 Å². The summed E-state index contributed by atoms with van der Waals surface area (Å²) in [7, 11) is 1.57. The average molecular weight is 411 g/mol. The van der Waals surface area contributed by atoms with E-state index in [4.69, 9.17) is 20.8 Å². The van der Waals surface area contributed by atoms with Gasteiger partial charge in [0.2, 0.25) is 0 Å². The predicted octanol–water partition coefficient (Wildman–Crippen LogP) is 5.50. The van der Waals surface area contributed by atoms with Gasteiger partial charge < -0.3 is 14.5 Å². The molecule has 140 valence electrons. The molecule has 1 amide bonds. The number of hydrogen-bond donors (Lipinski definition) is 1. The molecule has 7 heteroatoms. The van der Waals surface area contributed by atoms with Crippen LogP contribution in [0.1, 0.15) is 5.76 Å². The van der Waals surface area contributed by atoms with Crippen molar-refractivity contribution in [3.05, 3.63) is 76.4 Å². The summed E-state index contributed by atoms with van der Waals surface area (Å²) in [6, 6.07) is 18.5. The van der Waals surface area contributed by atoms with Gasteiger partial charge in [0, 0.05) is 11.6 Å². The molecule has 1 N–H and O–H groups in total. The second kappa shape index (κ2) is 7.96. The van der Waals surface area contributed by atoms with Gasteiger partial charge in [-0.3, -0.25) is 4.79 Å². The SMILES string of the molecule is COc1ccc(-c2ccc(/C=C3\SC(=Nc4ccccc4)NC3=O)o2)cc1Cl. The van der Waals surface area contributed by atoms with Gasteiger partial charge in [0.1, 0.15) is 17.3 Å². The molecule has 3 aromatic rings. The molecule has 0 radical (unpaired) electrons. The fourth-order valence-corrected chi connectivity index (χ4v) is 3.71. The maximum atomic E-state index is 12.2. The maximum absolute atomic E-state index is 12.2. The lowest BCUT2D eigenvalue weighted by atomic mass is 10.2. The van der Waals surface area contributed by atoms with Gasteiger partial charge in [0.05, 0.1) is 22.7 Å². The van der Waals surface area contributed by atoms with Crippen molar-refractivity contribution in [3.8, 4) is 17.1 Å². The molecule has 1 saturated heterocycles. The monoisotopic (exact) mass is 410 g/mol. The molecule has 0 aliphatic carbocycles. The number of aliphatic imine (C=N–C) groups is 1. The first-order valence-corrected chi connectivity index (χ1v) is 9.60. The third kappa shape index (κ3) is 3.98. The van der Waals surface area contributed by atoms with Crippen molar-refractivity contribution in [1.82, 2.24) is 5.32 Å². The number of carbonyl (C=O) groups is 1. The Bertz CT molecular complexity index is 1090. The number of hydrogen-bond acceptors (Lipinski definition) is 5. The Morgan fingerprint density at radius 2 is 1.96 bits per heavy atom. The molecule has 5 nitrogen and oxygen atoms in total. The van der Waals surface area contributed by atoms with E-state index in [0.717, 1.165) is 11.3 Å². The van der Waals surface area contributed by atoms with E-state index >= 15 is 0 Å². The number of para-hydroxylation sites is 1. The second-order valence-corrected chi connectivity index (χ2v) is 7.31. The Hall–Kier alpha value is -2.96. The molecule has 1 fully saturated rings. The Balaban J connectivity index is 1.54. The first-order chi connectivity index (χ1) is 13.6. The minimum Gasteiger partial charge on any atom is -0.495 e. The van der Waals surface area contributed by atoms with Gasteiger partial charge in [-0.25, -0.2) is 4.99 Å². The number of ether oxygens (including phenoxy) is 1. The Morgan fingerprint density at radius 3 is 2.71 bits per heavy atom. The zero-order valence-electron chi connectivity index (χ0n) is 14.8. The highest BCUT2D eigenvalue weighted by Crippen LogP contribution is 2.33. The number of amides is 1. The van der Waals surface area contributed by atoms with Crippen LogP contribution in [0.3, 0.4) is 0 Å². The lowest BCUT2D eigenvalue weighted by molar-refractivity contribution is -0.115. The third-order valence-electron chi connectivity index (χ3n) is 3.97. The molecule has 1 aromatic heterocycles. The quantitative estimate of drug-likeness (QED) is 0.577. The summed E-state index contributed by atoms with van der Waals surface area (Å²) in [5.41, 5.74) is 1.61. The predicted molar refractivity (Wildman–Crippen MR) is 113 cm³/mol. The van der Waals surface area contributed by atoms with Gasteiger partial charge in [-0.15, -0.1) is 0 Å². The van der Waals surface area contributed by atoms with Gasteiger partial charge in [-0.2, -0.15) is 0 Å². The highest BCUT2D eigenvalue weighted by molar-refractivity contribution is 8.18. The molecule has 0 spiro atoms. The van der Waals surface area contributed by atoms with E-state index in [1.807, 2.05) is 42.5 Å². The minimum absolute atomic E-state index is 0.204. The molecule has 28 heavy (non-hydrogen) atoms.